The van der Waals surface area contributed by atoms with Gasteiger partial charge in [-0.25, -0.2) is 4.39 Å². The molecule has 0 atom stereocenters. The van der Waals surface area contributed by atoms with Crippen LogP contribution < -0.4 is 10.9 Å². The van der Waals surface area contributed by atoms with Crippen molar-refractivity contribution in [3.63, 3.8) is 0 Å². The molecular formula is C15H17BrFN3O3. The van der Waals surface area contributed by atoms with Crippen molar-refractivity contribution < 1.29 is 18.8 Å². The summed E-state index contributed by atoms with van der Waals surface area (Å²) in [5.41, 5.74) is 4.52. The van der Waals surface area contributed by atoms with E-state index in [2.05, 4.69) is 26.8 Å². The van der Waals surface area contributed by atoms with Gasteiger partial charge in [-0.1, -0.05) is 6.42 Å². The molecule has 6 nitrogen and oxygen atoms in total. The predicted octanol–water partition coefficient (Wildman–Crippen LogP) is 1.75. The molecule has 1 aromatic carbocycles. The van der Waals surface area contributed by atoms with Crippen molar-refractivity contribution in [3.05, 3.63) is 34.1 Å². The molecule has 0 aromatic heterocycles. The second-order valence-corrected chi connectivity index (χ2v) is 6.11. The first-order chi connectivity index (χ1) is 11.0. The molecule has 0 unspecified atom stereocenters. The molecule has 2 N–H and O–H groups in total. The SMILES string of the molecule is O=C(CN1CCCCCC1=O)NNC(=O)c1cc(F)ccc1Br. The number of carbonyl (C=O) groups is 3. The highest BCUT2D eigenvalue weighted by atomic mass is 79.9. The van der Waals surface area contributed by atoms with Crippen LogP contribution in [0.4, 0.5) is 4.39 Å². The van der Waals surface area contributed by atoms with E-state index in [9.17, 15) is 18.8 Å². The van der Waals surface area contributed by atoms with E-state index < -0.39 is 17.6 Å². The summed E-state index contributed by atoms with van der Waals surface area (Å²) in [6, 6.07) is 3.68. The molecule has 1 saturated heterocycles. The maximum absolute atomic E-state index is 13.2. The largest absolute Gasteiger partial charge is 0.333 e. The van der Waals surface area contributed by atoms with Gasteiger partial charge in [0, 0.05) is 17.4 Å². The summed E-state index contributed by atoms with van der Waals surface area (Å²) >= 11 is 3.14. The summed E-state index contributed by atoms with van der Waals surface area (Å²) in [6.07, 6.45) is 3.10. The lowest BCUT2D eigenvalue weighted by atomic mass is 10.2. The number of amides is 3. The van der Waals surface area contributed by atoms with Crippen molar-refractivity contribution in [3.8, 4) is 0 Å². The Kier molecular flexibility index (Phi) is 6.09. The summed E-state index contributed by atoms with van der Waals surface area (Å²) in [5, 5.41) is 0. The van der Waals surface area contributed by atoms with Crippen LogP contribution in [-0.4, -0.2) is 35.7 Å². The van der Waals surface area contributed by atoms with Gasteiger partial charge < -0.3 is 4.90 Å². The average Bonchev–Trinajstić information content (AvgIpc) is 2.72. The molecule has 0 spiro atoms. The van der Waals surface area contributed by atoms with Crippen molar-refractivity contribution in [1.29, 1.82) is 0 Å². The van der Waals surface area contributed by atoms with Crippen LogP contribution >= 0.6 is 15.9 Å². The van der Waals surface area contributed by atoms with E-state index in [0.717, 1.165) is 25.3 Å². The van der Waals surface area contributed by atoms with Crippen LogP contribution in [0.1, 0.15) is 36.0 Å². The fourth-order valence-corrected chi connectivity index (χ4v) is 2.71. The molecule has 1 aliphatic rings. The molecule has 1 aromatic rings. The van der Waals surface area contributed by atoms with Gasteiger partial charge in [0.15, 0.2) is 0 Å². The molecule has 0 bridgehead atoms. The van der Waals surface area contributed by atoms with E-state index in [-0.39, 0.29) is 18.0 Å². The summed E-state index contributed by atoms with van der Waals surface area (Å²) < 4.78 is 13.6. The van der Waals surface area contributed by atoms with E-state index >= 15 is 0 Å². The van der Waals surface area contributed by atoms with Gasteiger partial charge in [0.1, 0.15) is 12.4 Å². The van der Waals surface area contributed by atoms with Crippen LogP contribution in [0, 0.1) is 5.82 Å². The molecule has 2 rings (SSSR count). The van der Waals surface area contributed by atoms with E-state index in [1.807, 2.05) is 0 Å². The van der Waals surface area contributed by atoms with Crippen molar-refractivity contribution in [1.82, 2.24) is 15.8 Å². The fourth-order valence-electron chi connectivity index (χ4n) is 2.28. The Morgan fingerprint density at radius 2 is 2.00 bits per heavy atom. The van der Waals surface area contributed by atoms with Crippen LogP contribution in [0.5, 0.6) is 0 Å². The third kappa shape index (κ3) is 5.02. The van der Waals surface area contributed by atoms with Crippen LogP contribution in [-0.2, 0) is 9.59 Å². The second kappa shape index (κ2) is 8.05. The van der Waals surface area contributed by atoms with E-state index in [1.165, 1.54) is 17.0 Å². The van der Waals surface area contributed by atoms with Gasteiger partial charge in [-0.05, 0) is 47.0 Å². The minimum Gasteiger partial charge on any atom is -0.333 e. The fraction of sp³-hybridized carbons (Fsp3) is 0.400. The highest BCUT2D eigenvalue weighted by Gasteiger charge is 2.19. The van der Waals surface area contributed by atoms with Gasteiger partial charge in [-0.2, -0.15) is 0 Å². The van der Waals surface area contributed by atoms with Crippen molar-refractivity contribution in [2.45, 2.75) is 25.7 Å². The lowest BCUT2D eigenvalue weighted by molar-refractivity contribution is -0.135. The Morgan fingerprint density at radius 1 is 1.22 bits per heavy atom. The zero-order valence-electron chi connectivity index (χ0n) is 12.4. The maximum Gasteiger partial charge on any atom is 0.270 e. The number of nitrogens with one attached hydrogen (secondary N) is 2. The van der Waals surface area contributed by atoms with Crippen LogP contribution in [0.15, 0.2) is 22.7 Å². The first-order valence-corrected chi connectivity index (χ1v) is 8.08. The summed E-state index contributed by atoms with van der Waals surface area (Å²) in [4.78, 5) is 37.1. The van der Waals surface area contributed by atoms with E-state index in [1.54, 1.807) is 0 Å². The quantitative estimate of drug-likeness (QED) is 0.778. The number of hydrogen-bond donors (Lipinski definition) is 2. The molecule has 0 saturated carbocycles. The van der Waals surface area contributed by atoms with Gasteiger partial charge in [0.2, 0.25) is 5.91 Å². The lowest BCUT2D eigenvalue weighted by Gasteiger charge is -2.19. The Hall–Kier alpha value is -1.96. The smallest absolute Gasteiger partial charge is 0.270 e. The summed E-state index contributed by atoms with van der Waals surface area (Å²) in [5.74, 6) is -1.76. The number of hydrazine groups is 1. The van der Waals surface area contributed by atoms with Crippen molar-refractivity contribution in [2.24, 2.45) is 0 Å². The van der Waals surface area contributed by atoms with Gasteiger partial charge in [0.25, 0.3) is 11.8 Å². The molecule has 23 heavy (non-hydrogen) atoms. The van der Waals surface area contributed by atoms with Crippen molar-refractivity contribution >= 4 is 33.7 Å². The maximum atomic E-state index is 13.2. The van der Waals surface area contributed by atoms with Gasteiger partial charge in [-0.15, -0.1) is 0 Å². The molecular weight excluding hydrogens is 369 g/mol. The summed E-state index contributed by atoms with van der Waals surface area (Å²) in [6.45, 7) is 0.430. The zero-order chi connectivity index (χ0) is 16.8. The van der Waals surface area contributed by atoms with Crippen LogP contribution in [0.25, 0.3) is 0 Å². The molecule has 1 fully saturated rings. The van der Waals surface area contributed by atoms with Gasteiger partial charge >= 0.3 is 0 Å². The lowest BCUT2D eigenvalue weighted by Crippen LogP contribution is -2.47. The van der Waals surface area contributed by atoms with Gasteiger partial charge in [-0.3, -0.25) is 25.2 Å². The predicted molar refractivity (Wildman–Crippen MR) is 84.8 cm³/mol. The van der Waals surface area contributed by atoms with E-state index in [0.29, 0.717) is 17.4 Å². The monoisotopic (exact) mass is 385 g/mol. The Morgan fingerprint density at radius 3 is 2.78 bits per heavy atom. The number of nitrogens with zero attached hydrogens (tertiary/aromatic N) is 1. The Balaban J connectivity index is 1.87. The number of hydrogen-bond acceptors (Lipinski definition) is 3. The summed E-state index contributed by atoms with van der Waals surface area (Å²) in [7, 11) is 0. The second-order valence-electron chi connectivity index (χ2n) is 5.25. The molecule has 124 valence electrons. The van der Waals surface area contributed by atoms with Gasteiger partial charge in [0.05, 0.1) is 5.56 Å². The normalized spacial score (nSPS) is 15.0. The number of likely N-dealkylation sites (tertiary alicyclic amines) is 1. The Bertz CT molecular complexity index is 624. The molecule has 1 heterocycles. The number of benzene rings is 1. The van der Waals surface area contributed by atoms with Crippen LogP contribution in [0.3, 0.4) is 0 Å². The Labute approximate surface area is 141 Å². The highest BCUT2D eigenvalue weighted by molar-refractivity contribution is 9.10. The number of carbonyl (C=O) groups excluding carboxylic acids is 3. The third-order valence-electron chi connectivity index (χ3n) is 3.49. The van der Waals surface area contributed by atoms with E-state index in [4.69, 9.17) is 0 Å². The van der Waals surface area contributed by atoms with Crippen molar-refractivity contribution in [2.75, 3.05) is 13.1 Å². The highest BCUT2D eigenvalue weighted by Crippen LogP contribution is 2.17. The molecule has 8 heteroatoms. The molecule has 0 aliphatic carbocycles. The molecule has 3 amide bonds. The zero-order valence-corrected chi connectivity index (χ0v) is 14.0. The number of rotatable bonds is 3. The first kappa shape index (κ1) is 17.4. The molecule has 0 radical (unpaired) electrons. The number of halogens is 2. The third-order valence-corrected chi connectivity index (χ3v) is 4.19. The van der Waals surface area contributed by atoms with Crippen LogP contribution in [0.2, 0.25) is 0 Å². The average molecular weight is 386 g/mol. The topological polar surface area (TPSA) is 78.5 Å². The minimum absolute atomic E-state index is 0.0585. The minimum atomic E-state index is -0.646. The first-order valence-electron chi connectivity index (χ1n) is 7.29. The molecule has 1 aliphatic heterocycles. The standard InChI is InChI=1S/C15H17BrFN3O3/c16-12-6-5-10(17)8-11(12)15(23)19-18-13(21)9-20-7-3-1-2-4-14(20)22/h5-6,8H,1-4,7,9H2,(H,18,21)(H,19,23).